The highest BCUT2D eigenvalue weighted by molar-refractivity contribution is 6.02. The molecule has 2 atom stereocenters. The van der Waals surface area contributed by atoms with Gasteiger partial charge in [-0.25, -0.2) is 0 Å². The Morgan fingerprint density at radius 2 is 1.93 bits per heavy atom. The Morgan fingerprint density at radius 1 is 1.20 bits per heavy atom. The first-order valence-electron chi connectivity index (χ1n) is 6.17. The number of hydrogen-bond acceptors (Lipinski definition) is 1. The van der Waals surface area contributed by atoms with Crippen LogP contribution < -0.4 is 0 Å². The van der Waals surface area contributed by atoms with Crippen LogP contribution in [0.3, 0.4) is 0 Å². The molecule has 0 radical (unpaired) electrons. The van der Waals surface area contributed by atoms with Crippen LogP contribution in [0.4, 0.5) is 0 Å². The van der Waals surface area contributed by atoms with Gasteiger partial charge in [0.1, 0.15) is 0 Å². The maximum Gasteiger partial charge on any atom is 0.159 e. The number of Topliss-reactive ketones (excluding diaryl/α,β-unsaturated/α-hetero) is 1. The molecule has 0 aromatic rings. The lowest BCUT2D eigenvalue weighted by atomic mass is 9.42. The van der Waals surface area contributed by atoms with Crippen LogP contribution in [0.1, 0.15) is 52.9 Å². The number of carbonyl (C=O) groups excluding carboxylic acids is 1. The van der Waals surface area contributed by atoms with Gasteiger partial charge in [0.05, 0.1) is 0 Å². The molecule has 82 valence electrons. The zero-order valence-electron chi connectivity index (χ0n) is 10.0. The van der Waals surface area contributed by atoms with Gasteiger partial charge in [-0.3, -0.25) is 4.79 Å². The van der Waals surface area contributed by atoms with Gasteiger partial charge in [-0.2, -0.15) is 0 Å². The second-order valence-electron chi connectivity index (χ2n) is 6.63. The lowest BCUT2D eigenvalue weighted by Gasteiger charge is -2.60. The molecular formula is C14H20O. The third kappa shape index (κ3) is 0.811. The number of rotatable bonds is 0. The lowest BCUT2D eigenvalue weighted by Crippen LogP contribution is -2.53. The molecule has 15 heavy (non-hydrogen) atoms. The molecule has 3 rings (SSSR count). The van der Waals surface area contributed by atoms with Gasteiger partial charge in [0, 0.05) is 11.8 Å². The fraction of sp³-hybridized carbons (Fsp3) is 0.786. The smallest absolute Gasteiger partial charge is 0.159 e. The summed E-state index contributed by atoms with van der Waals surface area (Å²) >= 11 is 0. The molecule has 0 aromatic carbocycles. The zero-order chi connectivity index (χ0) is 10.9. The largest absolute Gasteiger partial charge is 0.295 e. The summed E-state index contributed by atoms with van der Waals surface area (Å²) in [5.74, 6) is 0.443. The van der Waals surface area contributed by atoms with Gasteiger partial charge in [0.2, 0.25) is 0 Å². The maximum absolute atomic E-state index is 12.0. The van der Waals surface area contributed by atoms with Gasteiger partial charge in [-0.15, -0.1) is 0 Å². The van der Waals surface area contributed by atoms with E-state index < -0.39 is 0 Å². The molecule has 1 heteroatoms. The molecule has 0 saturated heterocycles. The summed E-state index contributed by atoms with van der Waals surface area (Å²) in [6.45, 7) is 7.10. The molecule has 0 heterocycles. The van der Waals surface area contributed by atoms with Crippen LogP contribution in [0.15, 0.2) is 11.6 Å². The van der Waals surface area contributed by atoms with Crippen molar-refractivity contribution in [3.05, 3.63) is 11.6 Å². The summed E-state index contributed by atoms with van der Waals surface area (Å²) in [5.41, 5.74) is 2.04. The normalized spacial score (nSPS) is 46.6. The van der Waals surface area contributed by atoms with Crippen LogP contribution in [0.5, 0.6) is 0 Å². The summed E-state index contributed by atoms with van der Waals surface area (Å²) in [4.78, 5) is 12.0. The monoisotopic (exact) mass is 204 g/mol. The average molecular weight is 204 g/mol. The molecular weight excluding hydrogens is 184 g/mol. The highest BCUT2D eigenvalue weighted by atomic mass is 16.1. The summed E-state index contributed by atoms with van der Waals surface area (Å²) in [5, 5.41) is 0. The standard InChI is InChI=1S/C14H20O/c1-12(2)6-4-7-13(3)9-11(15)10-5-8-14(10,12)13/h5H,4,6-9H2,1-3H3/t13-,14-/m0/s1. The van der Waals surface area contributed by atoms with Crippen LogP contribution in [0.2, 0.25) is 0 Å². The van der Waals surface area contributed by atoms with Gasteiger partial charge in [-0.05, 0) is 35.7 Å². The first-order chi connectivity index (χ1) is 6.93. The predicted octanol–water partition coefficient (Wildman–Crippen LogP) is 3.49. The van der Waals surface area contributed by atoms with Crippen molar-refractivity contribution in [1.29, 1.82) is 0 Å². The van der Waals surface area contributed by atoms with Crippen molar-refractivity contribution in [2.45, 2.75) is 52.9 Å². The van der Waals surface area contributed by atoms with E-state index in [0.717, 1.165) is 12.8 Å². The first-order valence-corrected chi connectivity index (χ1v) is 6.17. The van der Waals surface area contributed by atoms with Crippen LogP contribution in [-0.4, -0.2) is 5.78 Å². The fourth-order valence-corrected chi connectivity index (χ4v) is 4.83. The first kappa shape index (κ1) is 9.62. The van der Waals surface area contributed by atoms with Crippen LogP contribution in [0.25, 0.3) is 0 Å². The average Bonchev–Trinajstić information content (AvgIpc) is 2.12. The summed E-state index contributed by atoms with van der Waals surface area (Å²) in [6.07, 6.45) is 7.99. The molecule has 3 aliphatic rings. The highest BCUT2D eigenvalue weighted by Gasteiger charge is 2.68. The van der Waals surface area contributed by atoms with E-state index in [1.54, 1.807) is 0 Å². The minimum Gasteiger partial charge on any atom is -0.295 e. The van der Waals surface area contributed by atoms with E-state index in [1.807, 2.05) is 0 Å². The topological polar surface area (TPSA) is 17.1 Å². The zero-order valence-corrected chi connectivity index (χ0v) is 10.0. The molecule has 2 fully saturated rings. The van der Waals surface area contributed by atoms with Crippen LogP contribution >= 0.6 is 0 Å². The van der Waals surface area contributed by atoms with Gasteiger partial charge < -0.3 is 0 Å². The summed E-state index contributed by atoms with van der Waals surface area (Å²) in [6, 6.07) is 0. The van der Waals surface area contributed by atoms with Crippen molar-refractivity contribution in [3.8, 4) is 0 Å². The molecule has 0 amide bonds. The Bertz CT molecular complexity index is 377. The van der Waals surface area contributed by atoms with Gasteiger partial charge in [-0.1, -0.05) is 33.3 Å². The van der Waals surface area contributed by atoms with Crippen molar-refractivity contribution < 1.29 is 4.79 Å². The lowest BCUT2D eigenvalue weighted by molar-refractivity contribution is -0.115. The van der Waals surface area contributed by atoms with Crippen LogP contribution in [0, 0.1) is 16.2 Å². The molecule has 3 aliphatic carbocycles. The molecule has 1 nitrogen and oxygen atoms in total. The van der Waals surface area contributed by atoms with E-state index in [-0.39, 0.29) is 10.8 Å². The van der Waals surface area contributed by atoms with E-state index in [1.165, 1.54) is 24.8 Å². The third-order valence-electron chi connectivity index (χ3n) is 5.64. The van der Waals surface area contributed by atoms with Crippen LogP contribution in [-0.2, 0) is 4.79 Å². The Kier molecular flexibility index (Phi) is 1.53. The Hall–Kier alpha value is -0.590. The number of hydrogen-bond donors (Lipinski definition) is 0. The summed E-state index contributed by atoms with van der Waals surface area (Å²) in [7, 11) is 0. The van der Waals surface area contributed by atoms with Crippen molar-refractivity contribution in [2.75, 3.05) is 0 Å². The minimum absolute atomic E-state index is 0.245. The predicted molar refractivity (Wildman–Crippen MR) is 60.5 cm³/mol. The summed E-state index contributed by atoms with van der Waals surface area (Å²) < 4.78 is 0. The Labute approximate surface area is 91.9 Å². The highest BCUT2D eigenvalue weighted by Crippen LogP contribution is 2.73. The second kappa shape index (κ2) is 2.39. The molecule has 0 aromatic heterocycles. The quantitative estimate of drug-likeness (QED) is 0.590. The second-order valence-corrected chi connectivity index (χ2v) is 6.63. The SMILES string of the molecule is CC1(C)CCC[C@@]2(C)CC(=O)C3=CC[C@]312. The molecule has 0 unspecified atom stereocenters. The number of ketones is 1. The molecule has 2 saturated carbocycles. The molecule has 0 N–H and O–H groups in total. The van der Waals surface area contributed by atoms with E-state index in [2.05, 4.69) is 26.8 Å². The van der Waals surface area contributed by atoms with Crippen molar-refractivity contribution >= 4 is 5.78 Å². The van der Waals surface area contributed by atoms with Crippen molar-refractivity contribution in [3.63, 3.8) is 0 Å². The van der Waals surface area contributed by atoms with Gasteiger partial charge >= 0.3 is 0 Å². The Balaban J connectivity index is 2.19. The van der Waals surface area contributed by atoms with E-state index in [0.29, 0.717) is 11.2 Å². The van der Waals surface area contributed by atoms with Crippen molar-refractivity contribution in [2.24, 2.45) is 16.2 Å². The Morgan fingerprint density at radius 3 is 2.47 bits per heavy atom. The van der Waals surface area contributed by atoms with E-state index >= 15 is 0 Å². The van der Waals surface area contributed by atoms with Gasteiger partial charge in [0.25, 0.3) is 0 Å². The van der Waals surface area contributed by atoms with Gasteiger partial charge in [0.15, 0.2) is 5.78 Å². The minimum atomic E-state index is 0.245. The van der Waals surface area contributed by atoms with E-state index in [4.69, 9.17) is 0 Å². The third-order valence-corrected chi connectivity index (χ3v) is 5.64. The van der Waals surface area contributed by atoms with Crippen molar-refractivity contribution in [1.82, 2.24) is 0 Å². The molecule has 0 bridgehead atoms. The number of allylic oxidation sites excluding steroid dienone is 2. The number of carbonyl (C=O) groups is 1. The fourth-order valence-electron chi connectivity index (χ4n) is 4.83. The maximum atomic E-state index is 12.0. The van der Waals surface area contributed by atoms with E-state index in [9.17, 15) is 4.79 Å². The molecule has 1 spiro atoms. The molecule has 0 aliphatic heterocycles.